The van der Waals surface area contributed by atoms with Gasteiger partial charge in [-0.25, -0.2) is 9.67 Å². The number of thiocarbonyl (C=S) groups is 1. The molecule has 1 amide bonds. The van der Waals surface area contributed by atoms with Crippen molar-refractivity contribution in [2.45, 2.75) is 6.92 Å². The minimum absolute atomic E-state index is 0.0972. The Morgan fingerprint density at radius 3 is 2.58 bits per heavy atom. The van der Waals surface area contributed by atoms with Crippen LogP contribution in [0, 0.1) is 6.92 Å². The molecule has 1 saturated heterocycles. The summed E-state index contributed by atoms with van der Waals surface area (Å²) in [7, 11) is 1.74. The molecule has 13 heteroatoms. The number of ether oxygens (including phenoxy) is 1. The molecule has 2 N–H and O–H groups in total. The van der Waals surface area contributed by atoms with E-state index in [1.54, 1.807) is 55.2 Å². The molecule has 0 saturated carbocycles. The van der Waals surface area contributed by atoms with Crippen LogP contribution in [0.5, 0.6) is 0 Å². The van der Waals surface area contributed by atoms with Gasteiger partial charge >= 0.3 is 0 Å². The summed E-state index contributed by atoms with van der Waals surface area (Å²) in [6.07, 6.45) is 3.06. The van der Waals surface area contributed by atoms with Crippen LogP contribution in [0.3, 0.4) is 0 Å². The van der Waals surface area contributed by atoms with Crippen molar-refractivity contribution >= 4 is 57.4 Å². The first-order valence-corrected chi connectivity index (χ1v) is 13.6. The van der Waals surface area contributed by atoms with Crippen molar-refractivity contribution in [1.82, 2.24) is 18.7 Å². The highest BCUT2D eigenvalue weighted by atomic mass is 32.2. The van der Waals surface area contributed by atoms with E-state index in [1.165, 1.54) is 20.1 Å². The number of aliphatic hydroxyl groups is 1. The zero-order valence-electron chi connectivity index (χ0n) is 21.7. The SMILES string of the molecule is Cc1c(N2C(=O)/C(=C\c3c(NCCOCCO)nc4ccccn4c3=O)SC2=S)c(=O)n(-c2ccccc2)n1C. The van der Waals surface area contributed by atoms with Crippen LogP contribution in [-0.4, -0.2) is 60.4 Å². The summed E-state index contributed by atoms with van der Waals surface area (Å²) in [5.41, 5.74) is 1.20. The molecule has 1 fully saturated rings. The molecule has 40 heavy (non-hydrogen) atoms. The van der Waals surface area contributed by atoms with Crippen LogP contribution in [0.4, 0.5) is 11.5 Å². The fraction of sp³-hybridized carbons (Fsp3) is 0.222. The number of fused-ring (bicyclic) bond motifs is 1. The minimum atomic E-state index is -0.504. The number of nitrogens with one attached hydrogen (secondary N) is 1. The molecule has 3 aromatic heterocycles. The van der Waals surface area contributed by atoms with Crippen molar-refractivity contribution in [3.63, 3.8) is 0 Å². The number of aliphatic hydroxyl groups excluding tert-OH is 1. The molecular weight excluding hydrogens is 552 g/mol. The summed E-state index contributed by atoms with van der Waals surface area (Å²) in [5.74, 6) is -0.229. The average molecular weight is 579 g/mol. The second-order valence-electron chi connectivity index (χ2n) is 8.80. The summed E-state index contributed by atoms with van der Waals surface area (Å²) >= 11 is 6.57. The van der Waals surface area contributed by atoms with E-state index in [0.29, 0.717) is 23.6 Å². The third-order valence-corrected chi connectivity index (χ3v) is 7.66. The van der Waals surface area contributed by atoms with E-state index >= 15 is 0 Å². The highest BCUT2D eigenvalue weighted by molar-refractivity contribution is 8.27. The first-order valence-electron chi connectivity index (χ1n) is 12.4. The lowest BCUT2D eigenvalue weighted by Crippen LogP contribution is -2.33. The molecule has 5 rings (SSSR count). The number of amides is 1. The Morgan fingerprint density at radius 1 is 1.07 bits per heavy atom. The molecule has 0 spiro atoms. The van der Waals surface area contributed by atoms with Crippen molar-refractivity contribution in [3.05, 3.63) is 91.6 Å². The van der Waals surface area contributed by atoms with E-state index in [1.807, 2.05) is 18.2 Å². The van der Waals surface area contributed by atoms with Crippen LogP contribution >= 0.6 is 24.0 Å². The van der Waals surface area contributed by atoms with Gasteiger partial charge in [0.1, 0.15) is 17.2 Å². The molecule has 206 valence electrons. The van der Waals surface area contributed by atoms with E-state index in [9.17, 15) is 14.4 Å². The van der Waals surface area contributed by atoms with Crippen LogP contribution in [-0.2, 0) is 16.6 Å². The first kappa shape index (κ1) is 27.5. The van der Waals surface area contributed by atoms with Gasteiger partial charge in [0.05, 0.1) is 41.7 Å². The molecule has 4 aromatic rings. The minimum Gasteiger partial charge on any atom is -0.394 e. The molecule has 1 aliphatic rings. The van der Waals surface area contributed by atoms with Crippen molar-refractivity contribution in [3.8, 4) is 5.69 Å². The van der Waals surface area contributed by atoms with Gasteiger partial charge in [0, 0.05) is 19.8 Å². The van der Waals surface area contributed by atoms with Gasteiger partial charge in [-0.3, -0.25) is 28.4 Å². The van der Waals surface area contributed by atoms with Crippen molar-refractivity contribution in [2.75, 3.05) is 36.6 Å². The number of pyridine rings is 1. The molecule has 0 radical (unpaired) electrons. The van der Waals surface area contributed by atoms with Gasteiger partial charge < -0.3 is 15.2 Å². The lowest BCUT2D eigenvalue weighted by molar-refractivity contribution is -0.113. The highest BCUT2D eigenvalue weighted by Gasteiger charge is 2.38. The second-order valence-corrected chi connectivity index (χ2v) is 10.5. The molecule has 0 atom stereocenters. The monoisotopic (exact) mass is 578 g/mol. The zero-order chi connectivity index (χ0) is 28.4. The Balaban J connectivity index is 1.55. The maximum absolute atomic E-state index is 13.7. The molecule has 0 aliphatic carbocycles. The Hall–Kier alpha value is -4.04. The van der Waals surface area contributed by atoms with Gasteiger partial charge in [-0.15, -0.1) is 0 Å². The number of nitrogens with zero attached hydrogens (tertiary/aromatic N) is 5. The summed E-state index contributed by atoms with van der Waals surface area (Å²) in [5, 5.41) is 12.0. The predicted molar refractivity (Wildman–Crippen MR) is 159 cm³/mol. The molecule has 0 bridgehead atoms. The first-order chi connectivity index (χ1) is 19.3. The van der Waals surface area contributed by atoms with Crippen molar-refractivity contribution in [2.24, 2.45) is 7.05 Å². The van der Waals surface area contributed by atoms with Crippen LogP contribution in [0.1, 0.15) is 11.3 Å². The molecule has 4 heterocycles. The Bertz CT molecular complexity index is 1760. The van der Waals surface area contributed by atoms with E-state index < -0.39 is 5.91 Å². The number of carbonyl (C=O) groups is 1. The number of anilines is 2. The van der Waals surface area contributed by atoms with Crippen LogP contribution < -0.4 is 21.3 Å². The molecule has 1 aliphatic heterocycles. The standard InChI is InChI=1S/C27H26N6O5S2/c1-17-22(26(37)33(30(17)2)18-8-4-3-5-9-18)32-25(36)20(40-27(32)39)16-19-23(28-11-14-38-15-13-34)29-21-10-6-7-12-31(21)24(19)35/h3-10,12,16,28,34H,11,13-15H2,1-2H3/b20-16+. The Morgan fingerprint density at radius 2 is 1.82 bits per heavy atom. The third kappa shape index (κ3) is 4.99. The quantitative estimate of drug-likeness (QED) is 0.175. The van der Waals surface area contributed by atoms with Gasteiger partial charge in [-0.2, -0.15) is 0 Å². The number of carbonyl (C=O) groups excluding carboxylic acids is 1. The Kier molecular flexibility index (Phi) is 7.98. The van der Waals surface area contributed by atoms with Crippen molar-refractivity contribution < 1.29 is 14.6 Å². The summed E-state index contributed by atoms with van der Waals surface area (Å²) in [6, 6.07) is 14.3. The van der Waals surface area contributed by atoms with E-state index in [0.717, 1.165) is 11.8 Å². The second kappa shape index (κ2) is 11.6. The van der Waals surface area contributed by atoms with Crippen LogP contribution in [0.25, 0.3) is 17.4 Å². The smallest absolute Gasteiger partial charge is 0.296 e. The number of thioether (sulfide) groups is 1. The zero-order valence-corrected chi connectivity index (χ0v) is 23.4. The lowest BCUT2D eigenvalue weighted by Gasteiger charge is -2.13. The number of rotatable bonds is 9. The largest absolute Gasteiger partial charge is 0.394 e. The topological polar surface area (TPSA) is 123 Å². The maximum atomic E-state index is 13.7. The van der Waals surface area contributed by atoms with Gasteiger partial charge in [0.25, 0.3) is 17.0 Å². The van der Waals surface area contributed by atoms with E-state index in [-0.39, 0.29) is 57.2 Å². The van der Waals surface area contributed by atoms with E-state index in [2.05, 4.69) is 10.3 Å². The lowest BCUT2D eigenvalue weighted by atomic mass is 10.2. The number of hydrogen-bond donors (Lipinski definition) is 2. The molecule has 11 nitrogen and oxygen atoms in total. The predicted octanol–water partition coefficient (Wildman–Crippen LogP) is 2.32. The summed E-state index contributed by atoms with van der Waals surface area (Å²) < 4.78 is 10.0. The number of aromatic nitrogens is 4. The fourth-order valence-electron chi connectivity index (χ4n) is 4.38. The highest BCUT2D eigenvalue weighted by Crippen LogP contribution is 2.36. The van der Waals surface area contributed by atoms with Crippen LogP contribution in [0.15, 0.2) is 69.2 Å². The molecular formula is C27H26N6O5S2. The maximum Gasteiger partial charge on any atom is 0.296 e. The summed E-state index contributed by atoms with van der Waals surface area (Å²) in [4.78, 5) is 46.7. The van der Waals surface area contributed by atoms with Gasteiger partial charge in [-0.05, 0) is 37.3 Å². The number of hydrogen-bond acceptors (Lipinski definition) is 9. The van der Waals surface area contributed by atoms with Gasteiger partial charge in [0.2, 0.25) is 0 Å². The fourth-order valence-corrected chi connectivity index (χ4v) is 5.63. The molecule has 0 unspecified atom stereocenters. The van der Waals surface area contributed by atoms with Gasteiger partial charge in [0.15, 0.2) is 4.32 Å². The Labute approximate surface area is 238 Å². The number of benzene rings is 1. The normalized spacial score (nSPS) is 14.6. The van der Waals surface area contributed by atoms with Crippen LogP contribution in [0.2, 0.25) is 0 Å². The third-order valence-electron chi connectivity index (χ3n) is 6.36. The van der Waals surface area contributed by atoms with Crippen molar-refractivity contribution in [1.29, 1.82) is 0 Å². The van der Waals surface area contributed by atoms with E-state index in [4.69, 9.17) is 22.1 Å². The summed E-state index contributed by atoms with van der Waals surface area (Å²) in [6.45, 7) is 2.44. The average Bonchev–Trinajstić information content (AvgIpc) is 3.35. The van der Waals surface area contributed by atoms with Gasteiger partial charge in [-0.1, -0.05) is 48.2 Å². The number of para-hydroxylation sites is 1. The molecule has 1 aromatic carbocycles.